The molecule has 7 heteroatoms. The van der Waals surface area contributed by atoms with Gasteiger partial charge in [0.05, 0.1) is 17.4 Å². The summed E-state index contributed by atoms with van der Waals surface area (Å²) in [5, 5.41) is 4.56. The summed E-state index contributed by atoms with van der Waals surface area (Å²) in [6.45, 7) is 3.34. The lowest BCUT2D eigenvalue weighted by atomic mass is 10.0. The summed E-state index contributed by atoms with van der Waals surface area (Å²) >= 11 is 0. The molecule has 0 unspecified atom stereocenters. The van der Waals surface area contributed by atoms with E-state index in [2.05, 4.69) is 51.9 Å². The fourth-order valence-electron chi connectivity index (χ4n) is 4.09. The van der Waals surface area contributed by atoms with Crippen LogP contribution >= 0.6 is 0 Å². The number of fused-ring (bicyclic) bond motifs is 1. The summed E-state index contributed by atoms with van der Waals surface area (Å²) in [6, 6.07) is 17.7. The molecule has 0 fully saturated rings. The van der Waals surface area contributed by atoms with E-state index in [9.17, 15) is 4.79 Å². The van der Waals surface area contributed by atoms with E-state index in [0.29, 0.717) is 6.61 Å². The first-order valence-electron chi connectivity index (χ1n) is 10.9. The number of para-hydroxylation sites is 1. The number of aryl methyl sites for hydroxylation is 3. The number of rotatable bonds is 6. The van der Waals surface area contributed by atoms with Crippen LogP contribution in [0.1, 0.15) is 12.6 Å². The zero-order chi connectivity index (χ0) is 22.9. The van der Waals surface area contributed by atoms with Crippen LogP contribution in [0.15, 0.2) is 78.1 Å². The van der Waals surface area contributed by atoms with Gasteiger partial charge in [0.15, 0.2) is 0 Å². The molecule has 0 aliphatic rings. The Labute approximate surface area is 191 Å². The molecule has 0 aliphatic heterocycles. The van der Waals surface area contributed by atoms with Crippen LogP contribution in [0.3, 0.4) is 0 Å². The number of benzene rings is 2. The van der Waals surface area contributed by atoms with E-state index in [1.54, 1.807) is 22.4 Å². The average Bonchev–Trinajstić information content (AvgIpc) is 3.42. The third kappa shape index (κ3) is 3.93. The smallest absolute Gasteiger partial charge is 0.250 e. The quantitative estimate of drug-likeness (QED) is 0.393. The summed E-state index contributed by atoms with van der Waals surface area (Å²) in [5.74, 6) is 0.766. The zero-order valence-electron chi connectivity index (χ0n) is 18.9. The Morgan fingerprint density at radius 3 is 2.45 bits per heavy atom. The molecular weight excluding hydrogens is 414 g/mol. The van der Waals surface area contributed by atoms with Gasteiger partial charge in [-0.25, -0.2) is 4.98 Å². The second-order valence-electron chi connectivity index (χ2n) is 8.05. The first-order valence-corrected chi connectivity index (χ1v) is 10.9. The first-order chi connectivity index (χ1) is 16.0. The minimum Gasteiger partial charge on any atom is -0.487 e. The van der Waals surface area contributed by atoms with Crippen LogP contribution in [0.25, 0.3) is 33.3 Å². The third-order valence-corrected chi connectivity index (χ3v) is 5.83. The van der Waals surface area contributed by atoms with Crippen molar-refractivity contribution < 1.29 is 4.74 Å². The molecule has 3 heterocycles. The predicted octanol–water partition coefficient (Wildman–Crippen LogP) is 4.40. The molecular formula is C26H25N5O2. The first kappa shape index (κ1) is 20.8. The van der Waals surface area contributed by atoms with Crippen LogP contribution in [0.2, 0.25) is 0 Å². The van der Waals surface area contributed by atoms with E-state index < -0.39 is 0 Å². The topological polar surface area (TPSA) is 66.9 Å². The minimum atomic E-state index is -0.0438. The molecule has 5 aromatic rings. The normalized spacial score (nSPS) is 11.2. The number of ether oxygens (including phenoxy) is 1. The molecule has 2 aromatic carbocycles. The average molecular weight is 440 g/mol. The Kier molecular flexibility index (Phi) is 5.30. The molecule has 3 aromatic heterocycles. The fraction of sp³-hybridized carbons (Fsp3) is 0.192. The Morgan fingerprint density at radius 1 is 0.909 bits per heavy atom. The molecule has 0 N–H and O–H groups in total. The van der Waals surface area contributed by atoms with Crippen LogP contribution in [-0.4, -0.2) is 23.9 Å². The zero-order valence-corrected chi connectivity index (χ0v) is 18.9. The van der Waals surface area contributed by atoms with Crippen molar-refractivity contribution in [2.45, 2.75) is 20.1 Å². The van der Waals surface area contributed by atoms with Crippen molar-refractivity contribution in [2.24, 2.45) is 14.1 Å². The van der Waals surface area contributed by atoms with Gasteiger partial charge in [0, 0.05) is 55.8 Å². The summed E-state index contributed by atoms with van der Waals surface area (Å²) in [6.07, 6.45) is 5.65. The molecule has 0 spiro atoms. The highest BCUT2D eigenvalue weighted by atomic mass is 16.5. The van der Waals surface area contributed by atoms with E-state index in [-0.39, 0.29) is 5.56 Å². The fourth-order valence-corrected chi connectivity index (χ4v) is 4.09. The highest BCUT2D eigenvalue weighted by molar-refractivity contribution is 5.92. The van der Waals surface area contributed by atoms with Crippen molar-refractivity contribution in [3.8, 4) is 28.0 Å². The molecule has 166 valence electrons. The van der Waals surface area contributed by atoms with E-state index in [1.165, 1.54) is 0 Å². The maximum absolute atomic E-state index is 11.7. The van der Waals surface area contributed by atoms with Crippen molar-refractivity contribution in [3.05, 3.63) is 89.4 Å². The van der Waals surface area contributed by atoms with E-state index in [4.69, 9.17) is 4.74 Å². The summed E-state index contributed by atoms with van der Waals surface area (Å²) in [4.78, 5) is 16.4. The Bertz CT molecular complexity index is 1490. The van der Waals surface area contributed by atoms with Crippen LogP contribution in [0.4, 0.5) is 0 Å². The predicted molar refractivity (Wildman–Crippen MR) is 129 cm³/mol. The molecule has 33 heavy (non-hydrogen) atoms. The van der Waals surface area contributed by atoms with Crippen LogP contribution in [0, 0.1) is 0 Å². The number of pyridine rings is 1. The van der Waals surface area contributed by atoms with Gasteiger partial charge in [0.2, 0.25) is 5.56 Å². The van der Waals surface area contributed by atoms with Gasteiger partial charge in [-0.15, -0.1) is 0 Å². The SMILES string of the molecule is CCn1cnc2c(-c3ccc(OCc4nn(C)cc4-c4ccc(=O)n(C)c4)cc3)cccc21. The number of imidazole rings is 1. The Morgan fingerprint density at radius 2 is 1.70 bits per heavy atom. The summed E-state index contributed by atoms with van der Waals surface area (Å²) < 4.78 is 11.5. The van der Waals surface area contributed by atoms with Gasteiger partial charge < -0.3 is 13.9 Å². The lowest BCUT2D eigenvalue weighted by Crippen LogP contribution is -2.14. The monoisotopic (exact) mass is 439 g/mol. The highest BCUT2D eigenvalue weighted by Gasteiger charge is 2.13. The Hall–Kier alpha value is -4.13. The van der Waals surface area contributed by atoms with E-state index in [1.807, 2.05) is 44.0 Å². The van der Waals surface area contributed by atoms with Gasteiger partial charge in [-0.05, 0) is 36.8 Å². The third-order valence-electron chi connectivity index (χ3n) is 5.83. The second-order valence-corrected chi connectivity index (χ2v) is 8.05. The van der Waals surface area contributed by atoms with Crippen LogP contribution in [-0.2, 0) is 27.2 Å². The molecule has 0 radical (unpaired) electrons. The molecule has 0 saturated heterocycles. The summed E-state index contributed by atoms with van der Waals surface area (Å²) in [5.41, 5.74) is 6.99. The standard InChI is InChI=1S/C26H25N5O2/c1-4-31-17-27-26-21(6-5-7-24(26)31)18-8-11-20(12-9-18)33-16-23-22(15-30(3)28-23)19-10-13-25(32)29(2)14-19/h5-15,17H,4,16H2,1-3H3. The molecule has 5 rings (SSSR count). The summed E-state index contributed by atoms with van der Waals surface area (Å²) in [7, 11) is 3.62. The Balaban J connectivity index is 1.37. The van der Waals surface area contributed by atoms with Gasteiger partial charge >= 0.3 is 0 Å². The van der Waals surface area contributed by atoms with Gasteiger partial charge in [-0.1, -0.05) is 24.3 Å². The molecule has 0 bridgehead atoms. The van der Waals surface area contributed by atoms with Crippen molar-refractivity contribution in [3.63, 3.8) is 0 Å². The molecule has 0 saturated carbocycles. The van der Waals surface area contributed by atoms with Gasteiger partial charge in [0.1, 0.15) is 18.1 Å². The minimum absolute atomic E-state index is 0.0438. The molecule has 0 atom stereocenters. The lowest BCUT2D eigenvalue weighted by molar-refractivity contribution is 0.300. The number of nitrogens with zero attached hydrogens (tertiary/aromatic N) is 5. The molecule has 7 nitrogen and oxygen atoms in total. The van der Waals surface area contributed by atoms with Gasteiger partial charge in [-0.2, -0.15) is 5.10 Å². The number of aromatic nitrogens is 5. The number of hydrogen-bond donors (Lipinski definition) is 0. The van der Waals surface area contributed by atoms with Gasteiger partial charge in [-0.3, -0.25) is 9.48 Å². The van der Waals surface area contributed by atoms with Crippen molar-refractivity contribution in [1.82, 2.24) is 23.9 Å². The van der Waals surface area contributed by atoms with Crippen molar-refractivity contribution >= 4 is 11.0 Å². The maximum atomic E-state index is 11.7. The van der Waals surface area contributed by atoms with Crippen molar-refractivity contribution in [2.75, 3.05) is 0 Å². The lowest BCUT2D eigenvalue weighted by Gasteiger charge is -2.09. The number of hydrogen-bond acceptors (Lipinski definition) is 4. The van der Waals surface area contributed by atoms with Gasteiger partial charge in [0.25, 0.3) is 0 Å². The van der Waals surface area contributed by atoms with E-state index >= 15 is 0 Å². The molecule has 0 amide bonds. The molecule has 0 aliphatic carbocycles. The second kappa shape index (κ2) is 8.43. The van der Waals surface area contributed by atoms with Crippen LogP contribution < -0.4 is 10.3 Å². The highest BCUT2D eigenvalue weighted by Crippen LogP contribution is 2.29. The van der Waals surface area contributed by atoms with Crippen LogP contribution in [0.5, 0.6) is 5.75 Å². The maximum Gasteiger partial charge on any atom is 0.250 e. The van der Waals surface area contributed by atoms with E-state index in [0.717, 1.165) is 51.3 Å². The largest absolute Gasteiger partial charge is 0.487 e. The van der Waals surface area contributed by atoms with Crippen molar-refractivity contribution in [1.29, 1.82) is 0 Å².